The van der Waals surface area contributed by atoms with E-state index in [1.165, 1.54) is 10.6 Å². The van der Waals surface area contributed by atoms with Crippen LogP contribution < -0.4 is 0 Å². The summed E-state index contributed by atoms with van der Waals surface area (Å²) in [5, 5.41) is 21.9. The molecule has 1 aromatic carbocycles. The maximum absolute atomic E-state index is 11.9. The van der Waals surface area contributed by atoms with E-state index >= 15 is 0 Å². The molecule has 0 radical (unpaired) electrons. The van der Waals surface area contributed by atoms with Gasteiger partial charge in [0, 0.05) is 48.2 Å². The molecule has 0 saturated carbocycles. The largest absolute Gasteiger partial charge is 0.278 e. The van der Waals surface area contributed by atoms with Crippen LogP contribution in [0.4, 0.5) is 0 Å². The van der Waals surface area contributed by atoms with Gasteiger partial charge in [0.2, 0.25) is 10.0 Å². The SMILES string of the molecule is CS(=O)(=O)N1CC(CC#N)(n2cc(-c3cc(-c4ccn[nH]4)cc4ncccc34)cn2)C1. The van der Waals surface area contributed by atoms with Crippen molar-refractivity contribution in [2.45, 2.75) is 12.0 Å². The number of hydrogen-bond acceptors (Lipinski definition) is 6. The standard InChI is InChI=1S/C21H19N7O2S/c1-31(29,30)27-13-21(14-27,5-6-22)28-12-16(11-25-28)18-9-15(19-4-8-24-26-19)10-20-17(18)3-2-7-23-20/h2-4,7-12H,5,13-14H2,1H3,(H,24,26). The van der Waals surface area contributed by atoms with Gasteiger partial charge in [-0.1, -0.05) is 6.07 Å². The molecular formula is C21H19N7O2S. The number of aromatic nitrogens is 5. The van der Waals surface area contributed by atoms with E-state index in [2.05, 4.69) is 32.4 Å². The highest BCUT2D eigenvalue weighted by Crippen LogP contribution is 2.37. The van der Waals surface area contributed by atoms with Gasteiger partial charge in [-0.25, -0.2) is 8.42 Å². The molecule has 0 aliphatic carbocycles. The van der Waals surface area contributed by atoms with E-state index in [0.29, 0.717) is 0 Å². The lowest BCUT2D eigenvalue weighted by atomic mass is 9.89. The van der Waals surface area contributed by atoms with Crippen molar-refractivity contribution in [3.05, 3.63) is 55.1 Å². The van der Waals surface area contributed by atoms with Gasteiger partial charge in [0.1, 0.15) is 5.54 Å². The molecule has 0 amide bonds. The van der Waals surface area contributed by atoms with E-state index in [-0.39, 0.29) is 19.5 Å². The van der Waals surface area contributed by atoms with Crippen LogP contribution in [0.2, 0.25) is 0 Å². The average Bonchev–Trinajstić information content (AvgIpc) is 3.41. The number of H-pyrrole nitrogens is 1. The fourth-order valence-electron chi connectivity index (χ4n) is 4.04. The number of fused-ring (bicyclic) bond motifs is 1. The molecule has 156 valence electrons. The first-order valence-electron chi connectivity index (χ1n) is 9.66. The molecule has 4 heterocycles. The second-order valence-electron chi connectivity index (χ2n) is 7.83. The number of sulfonamides is 1. The zero-order chi connectivity index (χ0) is 21.6. The topological polar surface area (TPSA) is 121 Å². The number of hydrogen-bond donors (Lipinski definition) is 1. The number of nitriles is 1. The number of aromatic amines is 1. The minimum atomic E-state index is -3.30. The third-order valence-electron chi connectivity index (χ3n) is 5.73. The zero-order valence-electron chi connectivity index (χ0n) is 16.7. The zero-order valence-corrected chi connectivity index (χ0v) is 17.5. The van der Waals surface area contributed by atoms with Crippen LogP contribution in [0.1, 0.15) is 6.42 Å². The van der Waals surface area contributed by atoms with Crippen LogP contribution in [-0.4, -0.2) is 57.0 Å². The lowest BCUT2D eigenvalue weighted by Gasteiger charge is -2.47. The van der Waals surface area contributed by atoms with Gasteiger partial charge in [-0.3, -0.25) is 14.8 Å². The third kappa shape index (κ3) is 3.28. The maximum Gasteiger partial charge on any atom is 0.211 e. The number of nitrogens with one attached hydrogen (secondary N) is 1. The monoisotopic (exact) mass is 433 g/mol. The van der Waals surface area contributed by atoms with Crippen molar-refractivity contribution in [1.82, 2.24) is 29.3 Å². The predicted molar refractivity (Wildman–Crippen MR) is 115 cm³/mol. The fourth-order valence-corrected chi connectivity index (χ4v) is 4.99. The molecule has 31 heavy (non-hydrogen) atoms. The molecule has 1 aliphatic rings. The number of nitrogens with zero attached hydrogens (tertiary/aromatic N) is 6. The van der Waals surface area contributed by atoms with Gasteiger partial charge in [-0.2, -0.15) is 19.8 Å². The molecule has 10 heteroatoms. The van der Waals surface area contributed by atoms with Crippen LogP contribution in [0.25, 0.3) is 33.3 Å². The molecule has 9 nitrogen and oxygen atoms in total. The average molecular weight is 433 g/mol. The molecule has 0 unspecified atom stereocenters. The Balaban J connectivity index is 1.59. The molecule has 0 atom stereocenters. The normalized spacial score (nSPS) is 16.1. The summed E-state index contributed by atoms with van der Waals surface area (Å²) in [4.78, 5) is 4.51. The van der Waals surface area contributed by atoms with Gasteiger partial charge in [0.15, 0.2) is 0 Å². The summed E-state index contributed by atoms with van der Waals surface area (Å²) in [5.74, 6) is 0. The Labute approximate surface area is 179 Å². The van der Waals surface area contributed by atoms with Crippen LogP contribution in [0.3, 0.4) is 0 Å². The van der Waals surface area contributed by atoms with Gasteiger partial charge >= 0.3 is 0 Å². The van der Waals surface area contributed by atoms with E-state index < -0.39 is 15.6 Å². The summed E-state index contributed by atoms with van der Waals surface area (Å²) in [6.07, 6.45) is 8.44. The van der Waals surface area contributed by atoms with Gasteiger partial charge in [-0.05, 0) is 29.8 Å². The van der Waals surface area contributed by atoms with Crippen molar-refractivity contribution in [1.29, 1.82) is 5.26 Å². The van der Waals surface area contributed by atoms with Gasteiger partial charge in [-0.15, -0.1) is 0 Å². The summed E-state index contributed by atoms with van der Waals surface area (Å²) in [6.45, 7) is 0.466. The third-order valence-corrected chi connectivity index (χ3v) is 6.93. The van der Waals surface area contributed by atoms with Gasteiger partial charge in [0.25, 0.3) is 0 Å². The number of rotatable bonds is 5. The Bertz CT molecular complexity index is 1410. The van der Waals surface area contributed by atoms with Gasteiger partial charge in [0.05, 0.1) is 36.2 Å². The first kappa shape index (κ1) is 19.4. The summed E-state index contributed by atoms with van der Waals surface area (Å²) >= 11 is 0. The van der Waals surface area contributed by atoms with E-state index in [0.717, 1.165) is 33.3 Å². The Morgan fingerprint density at radius 3 is 2.77 bits per heavy atom. The summed E-state index contributed by atoms with van der Waals surface area (Å²) in [5.41, 5.74) is 3.83. The Kier molecular flexibility index (Phi) is 4.39. The van der Waals surface area contributed by atoms with Crippen molar-refractivity contribution < 1.29 is 8.42 Å². The highest BCUT2D eigenvalue weighted by Gasteiger charge is 2.49. The molecule has 1 fully saturated rings. The molecule has 5 rings (SSSR count). The molecule has 0 bridgehead atoms. The van der Waals surface area contributed by atoms with Crippen molar-refractivity contribution in [3.63, 3.8) is 0 Å². The van der Waals surface area contributed by atoms with Crippen molar-refractivity contribution >= 4 is 20.9 Å². The highest BCUT2D eigenvalue weighted by atomic mass is 32.2. The smallest absolute Gasteiger partial charge is 0.211 e. The predicted octanol–water partition coefficient (Wildman–Crippen LogP) is 2.37. The summed E-state index contributed by atoms with van der Waals surface area (Å²) in [7, 11) is -3.30. The number of pyridine rings is 1. The van der Waals surface area contributed by atoms with E-state index in [1.54, 1.807) is 23.3 Å². The number of benzene rings is 1. The second-order valence-corrected chi connectivity index (χ2v) is 9.81. The lowest BCUT2D eigenvalue weighted by Crippen LogP contribution is -2.63. The van der Waals surface area contributed by atoms with Crippen LogP contribution in [0, 0.1) is 11.3 Å². The van der Waals surface area contributed by atoms with Crippen LogP contribution in [0.15, 0.2) is 55.1 Å². The van der Waals surface area contributed by atoms with E-state index in [9.17, 15) is 13.7 Å². The minimum Gasteiger partial charge on any atom is -0.278 e. The lowest BCUT2D eigenvalue weighted by molar-refractivity contribution is 0.0724. The second kappa shape index (κ2) is 7.01. The fraction of sp³-hybridized carbons (Fsp3) is 0.238. The highest BCUT2D eigenvalue weighted by molar-refractivity contribution is 7.88. The van der Waals surface area contributed by atoms with E-state index in [4.69, 9.17) is 0 Å². The quantitative estimate of drug-likeness (QED) is 0.516. The van der Waals surface area contributed by atoms with Crippen LogP contribution in [-0.2, 0) is 15.6 Å². The van der Waals surface area contributed by atoms with Gasteiger partial charge < -0.3 is 0 Å². The molecular weight excluding hydrogens is 414 g/mol. The van der Waals surface area contributed by atoms with Crippen LogP contribution in [0.5, 0.6) is 0 Å². The van der Waals surface area contributed by atoms with Crippen LogP contribution >= 0.6 is 0 Å². The van der Waals surface area contributed by atoms with Crippen molar-refractivity contribution in [2.24, 2.45) is 0 Å². The first-order valence-corrected chi connectivity index (χ1v) is 11.5. The summed E-state index contributed by atoms with van der Waals surface area (Å²) in [6, 6.07) is 12.0. The Hall–Kier alpha value is -3.55. The van der Waals surface area contributed by atoms with E-state index in [1.807, 2.05) is 30.5 Å². The summed E-state index contributed by atoms with van der Waals surface area (Å²) < 4.78 is 26.8. The Morgan fingerprint density at radius 2 is 2.06 bits per heavy atom. The maximum atomic E-state index is 11.9. The Morgan fingerprint density at radius 1 is 1.23 bits per heavy atom. The molecule has 0 spiro atoms. The molecule has 3 aromatic heterocycles. The molecule has 4 aromatic rings. The minimum absolute atomic E-state index is 0.177. The molecule has 1 N–H and O–H groups in total. The van der Waals surface area contributed by atoms with Crippen molar-refractivity contribution in [2.75, 3.05) is 19.3 Å². The molecule has 1 saturated heterocycles. The van der Waals surface area contributed by atoms with Crippen molar-refractivity contribution in [3.8, 4) is 28.5 Å². The first-order chi connectivity index (χ1) is 14.9. The molecule has 1 aliphatic heterocycles.